The molecule has 1 aromatic heterocycles. The summed E-state index contributed by atoms with van der Waals surface area (Å²) >= 11 is 0. The van der Waals surface area contributed by atoms with Gasteiger partial charge in [0.25, 0.3) is 5.69 Å². The third-order valence-electron chi connectivity index (χ3n) is 4.02. The Bertz CT molecular complexity index is 689. The summed E-state index contributed by atoms with van der Waals surface area (Å²) in [4.78, 5) is 14.8. The number of hydrogen-bond donors (Lipinski definition) is 1. The molecule has 1 aliphatic rings. The molecule has 0 aliphatic heterocycles. The predicted octanol–water partition coefficient (Wildman–Crippen LogP) is 2.68. The first-order valence-electron chi connectivity index (χ1n) is 6.88. The van der Waals surface area contributed by atoms with Gasteiger partial charge in [-0.15, -0.1) is 0 Å². The van der Waals surface area contributed by atoms with Gasteiger partial charge in [0, 0.05) is 17.7 Å². The maximum atomic E-state index is 10.9. The third kappa shape index (κ3) is 2.40. The van der Waals surface area contributed by atoms with Gasteiger partial charge >= 0.3 is 0 Å². The average Bonchev–Trinajstić information content (AvgIpc) is 3.08. The van der Waals surface area contributed by atoms with Crippen molar-refractivity contribution in [2.24, 2.45) is 5.73 Å². The van der Waals surface area contributed by atoms with E-state index in [1.165, 1.54) is 12.1 Å². The number of nitro groups is 1. The first kappa shape index (κ1) is 13.7. The number of nitro benzene ring substituents is 1. The smallest absolute Gasteiger partial charge is 0.270 e. The summed E-state index contributed by atoms with van der Waals surface area (Å²) in [5.74, 6) is 0.767. The Morgan fingerprint density at radius 1 is 1.38 bits per heavy atom. The maximum absolute atomic E-state index is 10.9. The van der Waals surface area contributed by atoms with Gasteiger partial charge in [0.2, 0.25) is 11.7 Å². The molecule has 1 fully saturated rings. The Kier molecular flexibility index (Phi) is 3.21. The molecule has 0 radical (unpaired) electrons. The van der Waals surface area contributed by atoms with Gasteiger partial charge in [-0.25, -0.2) is 0 Å². The summed E-state index contributed by atoms with van der Waals surface area (Å²) < 4.78 is 5.31. The molecule has 21 heavy (non-hydrogen) atoms. The van der Waals surface area contributed by atoms with E-state index in [0.717, 1.165) is 31.2 Å². The molecule has 0 spiro atoms. The fraction of sp³-hybridized carbons (Fsp3) is 0.429. The van der Waals surface area contributed by atoms with E-state index < -0.39 is 10.5 Å². The van der Waals surface area contributed by atoms with Crippen molar-refractivity contribution in [3.05, 3.63) is 39.8 Å². The number of nitrogens with two attached hydrogens (primary N) is 1. The number of hydrogen-bond acceptors (Lipinski definition) is 6. The van der Waals surface area contributed by atoms with E-state index in [1.807, 2.05) is 6.92 Å². The van der Waals surface area contributed by atoms with Crippen LogP contribution in [0.2, 0.25) is 0 Å². The van der Waals surface area contributed by atoms with Crippen LogP contribution in [0.1, 0.15) is 37.1 Å². The summed E-state index contributed by atoms with van der Waals surface area (Å²) in [6, 6.07) is 4.60. The lowest BCUT2D eigenvalue weighted by Crippen LogP contribution is -2.33. The Morgan fingerprint density at radius 2 is 2.10 bits per heavy atom. The second kappa shape index (κ2) is 4.92. The molecule has 1 heterocycles. The Labute approximate surface area is 121 Å². The summed E-state index contributed by atoms with van der Waals surface area (Å²) in [5.41, 5.74) is 7.18. The molecule has 2 aromatic rings. The van der Waals surface area contributed by atoms with Gasteiger partial charge in [0.15, 0.2) is 0 Å². The zero-order chi connectivity index (χ0) is 15.0. The molecule has 7 nitrogen and oxygen atoms in total. The summed E-state index contributed by atoms with van der Waals surface area (Å²) in [5, 5.41) is 14.8. The molecule has 0 atom stereocenters. The molecule has 0 unspecified atom stereocenters. The number of non-ortho nitro benzene ring substituents is 1. The average molecular weight is 288 g/mol. The molecular weight excluding hydrogens is 272 g/mol. The monoisotopic (exact) mass is 288 g/mol. The number of nitrogens with zero attached hydrogens (tertiary/aromatic N) is 3. The zero-order valence-electron chi connectivity index (χ0n) is 11.7. The van der Waals surface area contributed by atoms with Gasteiger partial charge in [-0.3, -0.25) is 10.1 Å². The molecule has 1 aromatic carbocycles. The SMILES string of the molecule is Cc1ccc([N+](=O)[O-])cc1-c1noc(C2(N)CCCC2)n1. The van der Waals surface area contributed by atoms with Gasteiger partial charge in [-0.05, 0) is 25.3 Å². The van der Waals surface area contributed by atoms with Gasteiger partial charge < -0.3 is 10.3 Å². The largest absolute Gasteiger partial charge is 0.337 e. The standard InChI is InChI=1S/C14H16N4O3/c1-9-4-5-10(18(19)20)8-11(9)12-16-13(21-17-12)14(15)6-2-3-7-14/h4-5,8H,2-3,6-7,15H2,1H3. The first-order chi connectivity index (χ1) is 9.99. The van der Waals surface area contributed by atoms with Crippen molar-refractivity contribution >= 4 is 5.69 Å². The topological polar surface area (TPSA) is 108 Å². The molecule has 2 N–H and O–H groups in total. The van der Waals surface area contributed by atoms with Gasteiger partial charge in [-0.2, -0.15) is 4.98 Å². The van der Waals surface area contributed by atoms with Crippen LogP contribution in [0.4, 0.5) is 5.69 Å². The van der Waals surface area contributed by atoms with Crippen molar-refractivity contribution in [1.29, 1.82) is 0 Å². The Morgan fingerprint density at radius 3 is 2.76 bits per heavy atom. The highest BCUT2D eigenvalue weighted by Gasteiger charge is 2.37. The van der Waals surface area contributed by atoms with Crippen LogP contribution in [-0.4, -0.2) is 15.1 Å². The second-order valence-electron chi connectivity index (χ2n) is 5.54. The highest BCUT2D eigenvalue weighted by molar-refractivity contribution is 5.63. The van der Waals surface area contributed by atoms with Gasteiger partial charge in [0.05, 0.1) is 10.5 Å². The number of aromatic nitrogens is 2. The number of benzene rings is 1. The molecule has 1 saturated carbocycles. The van der Waals surface area contributed by atoms with Crippen molar-refractivity contribution in [1.82, 2.24) is 10.1 Å². The van der Waals surface area contributed by atoms with Crippen molar-refractivity contribution in [3.63, 3.8) is 0 Å². The highest BCUT2D eigenvalue weighted by atomic mass is 16.6. The zero-order valence-corrected chi connectivity index (χ0v) is 11.7. The molecular formula is C14H16N4O3. The van der Waals surface area contributed by atoms with E-state index >= 15 is 0 Å². The van der Waals surface area contributed by atoms with E-state index in [2.05, 4.69) is 10.1 Å². The summed E-state index contributed by atoms with van der Waals surface area (Å²) in [6.07, 6.45) is 3.74. The van der Waals surface area contributed by atoms with Crippen LogP contribution >= 0.6 is 0 Å². The van der Waals surface area contributed by atoms with E-state index in [9.17, 15) is 10.1 Å². The van der Waals surface area contributed by atoms with Crippen LogP contribution < -0.4 is 5.73 Å². The van der Waals surface area contributed by atoms with Crippen molar-refractivity contribution in [2.45, 2.75) is 38.1 Å². The summed E-state index contributed by atoms with van der Waals surface area (Å²) in [7, 11) is 0. The maximum Gasteiger partial charge on any atom is 0.270 e. The lowest BCUT2D eigenvalue weighted by molar-refractivity contribution is -0.384. The van der Waals surface area contributed by atoms with Crippen LogP contribution in [0, 0.1) is 17.0 Å². The van der Waals surface area contributed by atoms with Crippen molar-refractivity contribution in [3.8, 4) is 11.4 Å². The lowest BCUT2D eigenvalue weighted by atomic mass is 9.99. The van der Waals surface area contributed by atoms with Crippen LogP contribution in [0.25, 0.3) is 11.4 Å². The number of aryl methyl sites for hydroxylation is 1. The molecule has 0 saturated heterocycles. The third-order valence-corrected chi connectivity index (χ3v) is 4.02. The summed E-state index contributed by atoms with van der Waals surface area (Å²) in [6.45, 7) is 1.85. The normalized spacial score (nSPS) is 17.0. The Balaban J connectivity index is 2.00. The molecule has 3 rings (SSSR count). The van der Waals surface area contributed by atoms with Crippen molar-refractivity contribution in [2.75, 3.05) is 0 Å². The first-order valence-corrected chi connectivity index (χ1v) is 6.88. The fourth-order valence-electron chi connectivity index (χ4n) is 2.72. The van der Waals surface area contributed by atoms with Gasteiger partial charge in [-0.1, -0.05) is 24.1 Å². The minimum atomic E-state index is -0.556. The van der Waals surface area contributed by atoms with Crippen molar-refractivity contribution < 1.29 is 9.45 Å². The molecule has 0 amide bonds. The molecule has 0 bridgehead atoms. The predicted molar refractivity (Wildman–Crippen MR) is 75.5 cm³/mol. The van der Waals surface area contributed by atoms with Crippen LogP contribution in [-0.2, 0) is 5.54 Å². The lowest BCUT2D eigenvalue weighted by Gasteiger charge is -2.17. The fourth-order valence-corrected chi connectivity index (χ4v) is 2.72. The number of rotatable bonds is 3. The quantitative estimate of drug-likeness (QED) is 0.687. The van der Waals surface area contributed by atoms with Crippen LogP contribution in [0.15, 0.2) is 22.7 Å². The highest BCUT2D eigenvalue weighted by Crippen LogP contribution is 2.36. The molecule has 110 valence electrons. The minimum Gasteiger partial charge on any atom is -0.337 e. The molecule has 1 aliphatic carbocycles. The van der Waals surface area contributed by atoms with E-state index in [-0.39, 0.29) is 5.69 Å². The minimum absolute atomic E-state index is 0.00489. The van der Waals surface area contributed by atoms with E-state index in [1.54, 1.807) is 6.07 Å². The van der Waals surface area contributed by atoms with Crippen LogP contribution in [0.5, 0.6) is 0 Å². The van der Waals surface area contributed by atoms with E-state index in [4.69, 9.17) is 10.3 Å². The molecule has 7 heteroatoms. The Hall–Kier alpha value is -2.28. The van der Waals surface area contributed by atoms with Crippen LogP contribution in [0.3, 0.4) is 0 Å². The second-order valence-corrected chi connectivity index (χ2v) is 5.54. The van der Waals surface area contributed by atoms with E-state index in [0.29, 0.717) is 17.3 Å². The van der Waals surface area contributed by atoms with Gasteiger partial charge in [0.1, 0.15) is 0 Å².